The molecular formula is C15H17BrClNO. The van der Waals surface area contributed by atoms with E-state index in [9.17, 15) is 0 Å². The maximum absolute atomic E-state index is 6.23. The first-order valence-corrected chi connectivity index (χ1v) is 7.59. The van der Waals surface area contributed by atoms with Crippen LogP contribution in [0.1, 0.15) is 30.7 Å². The lowest BCUT2D eigenvalue weighted by Gasteiger charge is -2.17. The molecular weight excluding hydrogens is 326 g/mol. The van der Waals surface area contributed by atoms with Crippen molar-refractivity contribution >= 4 is 27.5 Å². The van der Waals surface area contributed by atoms with Crippen LogP contribution in [0.2, 0.25) is 5.02 Å². The van der Waals surface area contributed by atoms with Crippen LogP contribution in [0.5, 0.6) is 0 Å². The highest BCUT2D eigenvalue weighted by Gasteiger charge is 2.18. The Morgan fingerprint density at radius 1 is 1.32 bits per heavy atom. The van der Waals surface area contributed by atoms with Gasteiger partial charge in [-0.25, -0.2) is 0 Å². The maximum Gasteiger partial charge on any atom is 0.135 e. The van der Waals surface area contributed by atoms with Crippen LogP contribution in [0, 0.1) is 0 Å². The van der Waals surface area contributed by atoms with E-state index in [1.807, 2.05) is 24.3 Å². The van der Waals surface area contributed by atoms with E-state index >= 15 is 0 Å². The predicted molar refractivity (Wildman–Crippen MR) is 82.6 cm³/mol. The van der Waals surface area contributed by atoms with Crippen molar-refractivity contribution < 1.29 is 4.42 Å². The van der Waals surface area contributed by atoms with Gasteiger partial charge >= 0.3 is 0 Å². The predicted octanol–water partition coefficient (Wildman–Crippen LogP) is 4.98. The Morgan fingerprint density at radius 2 is 2.11 bits per heavy atom. The normalized spacial score (nSPS) is 12.6. The van der Waals surface area contributed by atoms with Crippen molar-refractivity contribution in [2.45, 2.75) is 25.8 Å². The van der Waals surface area contributed by atoms with Crippen molar-refractivity contribution in [2.24, 2.45) is 0 Å². The average molecular weight is 343 g/mol. The molecule has 0 saturated carbocycles. The number of nitrogens with one attached hydrogen (secondary N) is 1. The molecule has 0 aliphatic carbocycles. The van der Waals surface area contributed by atoms with Crippen LogP contribution < -0.4 is 5.32 Å². The largest absolute Gasteiger partial charge is 0.466 e. The first-order chi connectivity index (χ1) is 9.22. The number of hydrogen-bond donors (Lipinski definition) is 1. The first-order valence-electron chi connectivity index (χ1n) is 6.42. The molecule has 102 valence electrons. The van der Waals surface area contributed by atoms with Crippen molar-refractivity contribution in [3.8, 4) is 0 Å². The van der Waals surface area contributed by atoms with Gasteiger partial charge in [0.25, 0.3) is 0 Å². The molecule has 0 amide bonds. The van der Waals surface area contributed by atoms with E-state index in [1.54, 1.807) is 6.26 Å². The Kier molecular flexibility index (Phi) is 5.49. The van der Waals surface area contributed by atoms with Crippen LogP contribution in [0.3, 0.4) is 0 Å². The number of rotatable bonds is 6. The third-order valence-electron chi connectivity index (χ3n) is 2.98. The van der Waals surface area contributed by atoms with Crippen molar-refractivity contribution in [1.29, 1.82) is 0 Å². The van der Waals surface area contributed by atoms with Gasteiger partial charge in [-0.3, -0.25) is 0 Å². The minimum absolute atomic E-state index is 0.129. The van der Waals surface area contributed by atoms with Gasteiger partial charge in [0, 0.05) is 5.02 Å². The van der Waals surface area contributed by atoms with Crippen molar-refractivity contribution in [3.05, 3.63) is 57.4 Å². The second-order valence-electron chi connectivity index (χ2n) is 4.44. The fourth-order valence-electron chi connectivity index (χ4n) is 2.01. The van der Waals surface area contributed by atoms with Crippen LogP contribution in [-0.2, 0) is 6.42 Å². The zero-order valence-corrected chi connectivity index (χ0v) is 13.2. The maximum atomic E-state index is 6.23. The van der Waals surface area contributed by atoms with Gasteiger partial charge in [-0.1, -0.05) is 36.7 Å². The van der Waals surface area contributed by atoms with Crippen molar-refractivity contribution in [2.75, 3.05) is 6.54 Å². The molecule has 2 nitrogen and oxygen atoms in total. The van der Waals surface area contributed by atoms with Crippen molar-refractivity contribution in [1.82, 2.24) is 5.32 Å². The molecule has 1 N–H and O–H groups in total. The Labute approximate surface area is 127 Å². The summed E-state index contributed by atoms with van der Waals surface area (Å²) in [7, 11) is 0. The van der Waals surface area contributed by atoms with Crippen LogP contribution >= 0.6 is 27.5 Å². The molecule has 0 saturated heterocycles. The van der Waals surface area contributed by atoms with Gasteiger partial charge in [-0.15, -0.1) is 0 Å². The van der Waals surface area contributed by atoms with Gasteiger partial charge in [0.1, 0.15) is 5.76 Å². The highest BCUT2D eigenvalue weighted by molar-refractivity contribution is 9.10. The third-order valence-corrected chi connectivity index (χ3v) is 4.01. The van der Waals surface area contributed by atoms with Crippen LogP contribution in [0.4, 0.5) is 0 Å². The molecule has 0 aliphatic rings. The molecule has 0 aliphatic heterocycles. The molecule has 1 unspecified atom stereocenters. The Hall–Kier alpha value is -0.770. The smallest absolute Gasteiger partial charge is 0.135 e. The zero-order chi connectivity index (χ0) is 13.7. The van der Waals surface area contributed by atoms with Gasteiger partial charge in [0.2, 0.25) is 0 Å². The number of benzene rings is 1. The van der Waals surface area contributed by atoms with Crippen LogP contribution in [0.15, 0.2) is 45.5 Å². The number of halogens is 2. The van der Waals surface area contributed by atoms with E-state index in [0.29, 0.717) is 0 Å². The minimum Gasteiger partial charge on any atom is -0.466 e. The average Bonchev–Trinajstić information content (AvgIpc) is 2.83. The molecule has 0 radical (unpaired) electrons. The van der Waals surface area contributed by atoms with Gasteiger partial charge in [-0.2, -0.15) is 0 Å². The lowest BCUT2D eigenvalue weighted by atomic mass is 10.0. The highest BCUT2D eigenvalue weighted by atomic mass is 79.9. The lowest BCUT2D eigenvalue weighted by Crippen LogP contribution is -2.24. The third kappa shape index (κ3) is 3.85. The van der Waals surface area contributed by atoms with Gasteiger partial charge < -0.3 is 9.73 Å². The molecule has 19 heavy (non-hydrogen) atoms. The molecule has 0 bridgehead atoms. The second kappa shape index (κ2) is 7.13. The zero-order valence-electron chi connectivity index (χ0n) is 10.8. The van der Waals surface area contributed by atoms with E-state index < -0.39 is 0 Å². The number of hydrogen-bond acceptors (Lipinski definition) is 2. The molecule has 0 spiro atoms. The molecule has 0 fully saturated rings. The molecule has 4 heteroatoms. The number of furan rings is 1. The van der Waals surface area contributed by atoms with E-state index in [0.717, 1.165) is 40.2 Å². The Balaban J connectivity index is 2.19. The summed E-state index contributed by atoms with van der Waals surface area (Å²) in [6.07, 6.45) is 3.59. The standard InChI is InChI=1S/C15H17BrClNO/c1-2-8-18-14(15-12(16)7-9-19-15)10-11-5-3-4-6-13(11)17/h3-7,9,14,18H,2,8,10H2,1H3. The topological polar surface area (TPSA) is 25.2 Å². The summed E-state index contributed by atoms with van der Waals surface area (Å²) in [6, 6.07) is 9.98. The lowest BCUT2D eigenvalue weighted by molar-refractivity contribution is 0.408. The quantitative estimate of drug-likeness (QED) is 0.801. The highest BCUT2D eigenvalue weighted by Crippen LogP contribution is 2.29. The summed E-state index contributed by atoms with van der Waals surface area (Å²) in [4.78, 5) is 0. The second-order valence-corrected chi connectivity index (χ2v) is 5.70. The molecule has 2 rings (SSSR count). The summed E-state index contributed by atoms with van der Waals surface area (Å²) >= 11 is 9.76. The summed E-state index contributed by atoms with van der Waals surface area (Å²) < 4.78 is 6.58. The molecule has 1 heterocycles. The molecule has 1 atom stereocenters. The summed E-state index contributed by atoms with van der Waals surface area (Å²) in [6.45, 7) is 3.10. The summed E-state index contributed by atoms with van der Waals surface area (Å²) in [5, 5.41) is 4.31. The van der Waals surface area contributed by atoms with Gasteiger partial charge in [-0.05, 0) is 53.0 Å². The fourth-order valence-corrected chi connectivity index (χ4v) is 2.70. The van der Waals surface area contributed by atoms with E-state index in [2.05, 4.69) is 34.2 Å². The Morgan fingerprint density at radius 3 is 2.74 bits per heavy atom. The first kappa shape index (κ1) is 14.6. The molecule has 1 aromatic heterocycles. The van der Waals surface area contributed by atoms with Crippen molar-refractivity contribution in [3.63, 3.8) is 0 Å². The van der Waals surface area contributed by atoms with E-state index in [-0.39, 0.29) is 6.04 Å². The van der Waals surface area contributed by atoms with Gasteiger partial charge in [0.05, 0.1) is 16.8 Å². The van der Waals surface area contributed by atoms with Gasteiger partial charge in [0.15, 0.2) is 0 Å². The van der Waals surface area contributed by atoms with E-state index in [4.69, 9.17) is 16.0 Å². The van der Waals surface area contributed by atoms with Crippen LogP contribution in [0.25, 0.3) is 0 Å². The van der Waals surface area contributed by atoms with E-state index in [1.165, 1.54) is 0 Å². The molecule has 1 aromatic carbocycles. The summed E-state index contributed by atoms with van der Waals surface area (Å²) in [5.74, 6) is 0.924. The Bertz CT molecular complexity index is 526. The SMILES string of the molecule is CCCNC(Cc1ccccc1Cl)c1occc1Br. The minimum atomic E-state index is 0.129. The van der Waals surface area contributed by atoms with Crippen LogP contribution in [-0.4, -0.2) is 6.54 Å². The molecule has 2 aromatic rings. The fraction of sp³-hybridized carbons (Fsp3) is 0.333. The summed E-state index contributed by atoms with van der Waals surface area (Å²) in [5.41, 5.74) is 1.13. The monoisotopic (exact) mass is 341 g/mol.